The average Bonchev–Trinajstić information content (AvgIpc) is 2.86. The molecule has 0 aliphatic heterocycles. The first kappa shape index (κ1) is 25.9. The second kappa shape index (κ2) is 11.2. The van der Waals surface area contributed by atoms with E-state index >= 15 is 0 Å². The van der Waals surface area contributed by atoms with Crippen LogP contribution in [-0.4, -0.2) is 54.3 Å². The summed E-state index contributed by atoms with van der Waals surface area (Å²) in [5.41, 5.74) is 0.251. The second-order valence-electron chi connectivity index (χ2n) is 7.50. The lowest BCUT2D eigenvalue weighted by atomic mass is 9.94. The van der Waals surface area contributed by atoms with Gasteiger partial charge in [0.25, 0.3) is 11.8 Å². The number of carbonyl (C=O) groups is 3. The molecule has 2 amide bonds. The Labute approximate surface area is 204 Å². The van der Waals surface area contributed by atoms with Crippen molar-refractivity contribution in [3.8, 4) is 0 Å². The number of amides is 2. The Kier molecular flexibility index (Phi) is 8.05. The number of hydrogen-bond acceptors (Lipinski definition) is 6. The highest BCUT2D eigenvalue weighted by Gasteiger charge is 2.27. The van der Waals surface area contributed by atoms with Gasteiger partial charge in [-0.15, -0.1) is 0 Å². The lowest BCUT2D eigenvalue weighted by molar-refractivity contribution is -0.139. The molecule has 4 N–H and O–H groups in total. The van der Waals surface area contributed by atoms with Crippen molar-refractivity contribution in [3.63, 3.8) is 0 Å². The van der Waals surface area contributed by atoms with Crippen LogP contribution in [0, 0.1) is 17.0 Å². The van der Waals surface area contributed by atoms with Crippen LogP contribution in [0.1, 0.15) is 21.5 Å². The molecule has 0 saturated heterocycles. The summed E-state index contributed by atoms with van der Waals surface area (Å²) in [6.07, 6.45) is 2.11. The molecule has 0 aliphatic rings. The number of likely N-dealkylation sites (N-methyl/N-ethyl adjacent to an activating group) is 1. The fourth-order valence-corrected chi connectivity index (χ4v) is 3.70. The summed E-state index contributed by atoms with van der Waals surface area (Å²) in [6, 6.07) is 7.67. The number of nitrogens with one attached hydrogen (secondary N) is 3. The highest BCUT2D eigenvalue weighted by atomic mass is 19.1. The van der Waals surface area contributed by atoms with E-state index in [0.717, 1.165) is 24.4 Å². The number of benzene rings is 2. The minimum atomic E-state index is -1.53. The van der Waals surface area contributed by atoms with Gasteiger partial charge in [0.15, 0.2) is 0 Å². The lowest BCUT2D eigenvalue weighted by Crippen LogP contribution is -2.43. The number of fused-ring (bicyclic) bond motifs is 1. The summed E-state index contributed by atoms with van der Waals surface area (Å²) in [7, 11) is 2.73. The maximum Gasteiger partial charge on any atom is 0.326 e. The quantitative estimate of drug-likeness (QED) is 0.204. The Balaban J connectivity index is 2.06. The maximum absolute atomic E-state index is 14.0. The first-order valence-corrected chi connectivity index (χ1v) is 10.6. The maximum atomic E-state index is 14.0. The number of aliphatic carboxylic acids is 1. The molecule has 3 rings (SSSR count). The number of aromatic nitrogens is 1. The van der Waals surface area contributed by atoms with E-state index in [9.17, 15) is 28.3 Å². The second-order valence-corrected chi connectivity index (χ2v) is 7.50. The van der Waals surface area contributed by atoms with Crippen LogP contribution in [-0.2, 0) is 20.7 Å². The highest BCUT2D eigenvalue weighted by molar-refractivity contribution is 6.25. The van der Waals surface area contributed by atoms with Crippen molar-refractivity contribution in [3.05, 3.63) is 82.7 Å². The van der Waals surface area contributed by atoms with Crippen LogP contribution < -0.4 is 10.6 Å². The molecule has 3 aromatic rings. The van der Waals surface area contributed by atoms with Crippen LogP contribution in [0.2, 0.25) is 0 Å². The van der Waals surface area contributed by atoms with Gasteiger partial charge in [-0.05, 0) is 23.8 Å². The van der Waals surface area contributed by atoms with E-state index in [0.29, 0.717) is 22.0 Å². The van der Waals surface area contributed by atoms with Crippen LogP contribution in [0.5, 0.6) is 0 Å². The Morgan fingerprint density at radius 2 is 1.83 bits per heavy atom. The highest BCUT2D eigenvalue weighted by Crippen LogP contribution is 2.29. The van der Waals surface area contributed by atoms with E-state index in [-0.39, 0.29) is 17.8 Å². The van der Waals surface area contributed by atoms with Crippen molar-refractivity contribution in [1.29, 1.82) is 5.41 Å². The van der Waals surface area contributed by atoms with Crippen LogP contribution in [0.4, 0.5) is 8.78 Å². The molecule has 186 valence electrons. The number of pyridine rings is 1. The van der Waals surface area contributed by atoms with Gasteiger partial charge >= 0.3 is 5.97 Å². The molecule has 9 nitrogen and oxygen atoms in total. The smallest absolute Gasteiger partial charge is 0.326 e. The van der Waals surface area contributed by atoms with Gasteiger partial charge in [0.1, 0.15) is 29.0 Å². The minimum Gasteiger partial charge on any atom is -0.494 e. The van der Waals surface area contributed by atoms with Gasteiger partial charge in [-0.2, -0.15) is 0 Å². The Morgan fingerprint density at radius 3 is 2.42 bits per heavy atom. The third kappa shape index (κ3) is 5.19. The number of carbonyl (C=O) groups excluding carboxylic acids is 2. The summed E-state index contributed by atoms with van der Waals surface area (Å²) < 4.78 is 33.2. The van der Waals surface area contributed by atoms with Gasteiger partial charge in [-0.1, -0.05) is 24.3 Å². The zero-order valence-corrected chi connectivity index (χ0v) is 19.3. The molecule has 0 aliphatic carbocycles. The standard InChI is InChI=1S/C25H22F2N4O5/c1-29-23(32)20(19(12-28)36-2)15-9-8-13(14-5-4-10-30-22(14)15)11-18(25(34)35)31-24(33)21-16(26)6-3-7-17(21)27/h3-10,12,18,28H,11H2,1-2H3,(H,29,32)(H,31,33)(H,34,35)/b20-19+,28-12?/t18-/m0/s1. The molecule has 1 aromatic heterocycles. The molecule has 0 unspecified atom stereocenters. The molecular weight excluding hydrogens is 474 g/mol. The van der Waals surface area contributed by atoms with Crippen LogP contribution >= 0.6 is 0 Å². The SMILES string of the molecule is CNC(=O)/C(=C(\C=N)OC)c1ccc(C[C@H](NC(=O)c2c(F)cccc2F)C(=O)O)c2cccnc12. The number of halogens is 2. The normalized spacial score (nSPS) is 12.3. The number of allylic oxidation sites excluding steroid dienone is 1. The average molecular weight is 496 g/mol. The van der Waals surface area contributed by atoms with E-state index in [1.54, 1.807) is 18.2 Å². The summed E-state index contributed by atoms with van der Waals surface area (Å²) in [5, 5.41) is 22.4. The van der Waals surface area contributed by atoms with Crippen molar-refractivity contribution < 1.29 is 33.0 Å². The first-order valence-electron chi connectivity index (χ1n) is 10.6. The number of carboxylic acid groups (broad SMARTS) is 1. The number of hydrogen-bond donors (Lipinski definition) is 4. The van der Waals surface area contributed by atoms with E-state index in [1.165, 1.54) is 26.4 Å². The zero-order valence-electron chi connectivity index (χ0n) is 19.3. The molecule has 0 spiro atoms. The number of carboxylic acids is 1. The van der Waals surface area contributed by atoms with Gasteiger partial charge in [-0.25, -0.2) is 13.6 Å². The third-order valence-corrected chi connectivity index (χ3v) is 5.40. The number of rotatable bonds is 9. The summed E-state index contributed by atoms with van der Waals surface area (Å²) in [6.45, 7) is 0. The molecular formula is C25H22F2N4O5. The number of nitrogens with zero attached hydrogens (tertiary/aromatic N) is 1. The predicted octanol–water partition coefficient (Wildman–Crippen LogP) is 2.69. The van der Waals surface area contributed by atoms with Crippen molar-refractivity contribution in [2.45, 2.75) is 12.5 Å². The van der Waals surface area contributed by atoms with E-state index in [2.05, 4.69) is 15.6 Å². The summed E-state index contributed by atoms with van der Waals surface area (Å²) in [5.74, 6) is -5.42. The van der Waals surface area contributed by atoms with Crippen molar-refractivity contribution in [2.24, 2.45) is 0 Å². The molecule has 0 bridgehead atoms. The molecule has 2 aromatic carbocycles. The Bertz CT molecular complexity index is 1370. The fraction of sp³-hybridized carbons (Fsp3) is 0.160. The first-order chi connectivity index (χ1) is 17.2. The van der Waals surface area contributed by atoms with Crippen LogP contribution in [0.25, 0.3) is 16.5 Å². The van der Waals surface area contributed by atoms with Crippen molar-refractivity contribution in [1.82, 2.24) is 15.6 Å². The van der Waals surface area contributed by atoms with Crippen LogP contribution in [0.3, 0.4) is 0 Å². The molecule has 1 atom stereocenters. The molecule has 1 heterocycles. The monoisotopic (exact) mass is 496 g/mol. The molecule has 36 heavy (non-hydrogen) atoms. The van der Waals surface area contributed by atoms with Crippen LogP contribution in [0.15, 0.2) is 54.4 Å². The molecule has 0 radical (unpaired) electrons. The number of ether oxygens (including phenoxy) is 1. The van der Waals surface area contributed by atoms with Gasteiger partial charge in [0.2, 0.25) is 0 Å². The fourth-order valence-electron chi connectivity index (χ4n) is 3.70. The van der Waals surface area contributed by atoms with Gasteiger partial charge in [0, 0.05) is 30.6 Å². The van der Waals surface area contributed by atoms with Gasteiger partial charge in [0.05, 0.1) is 24.4 Å². The number of methoxy groups -OCH3 is 1. The van der Waals surface area contributed by atoms with Gasteiger partial charge in [-0.3, -0.25) is 14.6 Å². The van der Waals surface area contributed by atoms with Crippen molar-refractivity contribution >= 4 is 40.5 Å². The Hall–Kier alpha value is -4.67. The minimum absolute atomic E-state index is 0.0170. The summed E-state index contributed by atoms with van der Waals surface area (Å²) >= 11 is 0. The molecule has 0 saturated carbocycles. The van der Waals surface area contributed by atoms with Gasteiger partial charge < -0.3 is 25.9 Å². The predicted molar refractivity (Wildman–Crippen MR) is 127 cm³/mol. The van der Waals surface area contributed by atoms with E-state index in [4.69, 9.17) is 10.1 Å². The topological polar surface area (TPSA) is 141 Å². The summed E-state index contributed by atoms with van der Waals surface area (Å²) in [4.78, 5) is 41.4. The third-order valence-electron chi connectivity index (χ3n) is 5.40. The van der Waals surface area contributed by atoms with Crippen molar-refractivity contribution in [2.75, 3.05) is 14.2 Å². The zero-order chi connectivity index (χ0) is 26.4. The Morgan fingerprint density at radius 1 is 1.14 bits per heavy atom. The lowest BCUT2D eigenvalue weighted by Gasteiger charge is -2.18. The molecule has 11 heteroatoms. The largest absolute Gasteiger partial charge is 0.494 e. The molecule has 0 fully saturated rings. The van der Waals surface area contributed by atoms with E-state index < -0.39 is 41.0 Å². The van der Waals surface area contributed by atoms with E-state index in [1.807, 2.05) is 0 Å².